The van der Waals surface area contributed by atoms with Crippen molar-refractivity contribution in [3.63, 3.8) is 0 Å². The number of nitrogens with zero attached hydrogens (tertiary/aromatic N) is 2. The lowest BCUT2D eigenvalue weighted by Crippen LogP contribution is -2.50. The Morgan fingerprint density at radius 1 is 1.14 bits per heavy atom. The first kappa shape index (κ1) is 20.5. The summed E-state index contributed by atoms with van der Waals surface area (Å²) < 4.78 is 10.8. The lowest BCUT2D eigenvalue weighted by atomic mass is 10.2. The minimum absolute atomic E-state index is 0.0119. The predicted octanol–water partition coefficient (Wildman–Crippen LogP) is 4.20. The molecule has 1 aromatic carbocycles. The number of halogens is 1. The summed E-state index contributed by atoms with van der Waals surface area (Å²) >= 11 is 7.44. The van der Waals surface area contributed by atoms with Gasteiger partial charge in [0.1, 0.15) is 12.4 Å². The Morgan fingerprint density at radius 2 is 1.86 bits per heavy atom. The summed E-state index contributed by atoms with van der Waals surface area (Å²) in [5.74, 6) is 0.734. The van der Waals surface area contributed by atoms with Gasteiger partial charge in [-0.05, 0) is 49.1 Å². The second-order valence-electron chi connectivity index (χ2n) is 6.50. The molecule has 1 aliphatic rings. The molecule has 1 aromatic heterocycles. The van der Waals surface area contributed by atoms with Crippen molar-refractivity contribution in [2.75, 3.05) is 32.8 Å². The summed E-state index contributed by atoms with van der Waals surface area (Å²) in [6.07, 6.45) is -0.317. The van der Waals surface area contributed by atoms with Crippen molar-refractivity contribution >= 4 is 34.9 Å². The number of carbonyl (C=O) groups is 2. The molecule has 2 heterocycles. The van der Waals surface area contributed by atoms with Gasteiger partial charge in [0.2, 0.25) is 0 Å². The van der Waals surface area contributed by atoms with Gasteiger partial charge in [0.05, 0.1) is 11.5 Å². The van der Waals surface area contributed by atoms with E-state index in [9.17, 15) is 9.59 Å². The van der Waals surface area contributed by atoms with Crippen LogP contribution in [-0.4, -0.2) is 54.6 Å². The molecule has 1 aliphatic heterocycles. The maximum Gasteiger partial charge on any atom is 0.409 e. The molecule has 2 amide bonds. The molecule has 2 aromatic rings. The molecular weight excluding hydrogens is 400 g/mol. The summed E-state index contributed by atoms with van der Waals surface area (Å²) in [5, 5.41) is 2.64. The summed E-state index contributed by atoms with van der Waals surface area (Å²) in [4.78, 5) is 28.6. The molecule has 1 fully saturated rings. The van der Waals surface area contributed by atoms with Crippen molar-refractivity contribution in [3.8, 4) is 5.75 Å². The Morgan fingerprint density at radius 3 is 2.54 bits per heavy atom. The van der Waals surface area contributed by atoms with Crippen LogP contribution >= 0.6 is 22.9 Å². The van der Waals surface area contributed by atoms with Crippen molar-refractivity contribution in [1.82, 2.24) is 9.80 Å². The fraction of sp³-hybridized carbons (Fsp3) is 0.400. The van der Waals surface area contributed by atoms with Crippen LogP contribution in [0.5, 0.6) is 5.75 Å². The largest absolute Gasteiger partial charge is 0.489 e. The van der Waals surface area contributed by atoms with E-state index >= 15 is 0 Å². The summed E-state index contributed by atoms with van der Waals surface area (Å²) in [6, 6.07) is 7.40. The van der Waals surface area contributed by atoms with E-state index in [0.717, 1.165) is 16.9 Å². The van der Waals surface area contributed by atoms with Gasteiger partial charge in [0.25, 0.3) is 5.91 Å². The fourth-order valence-electron chi connectivity index (χ4n) is 2.90. The Hall–Kier alpha value is -2.25. The Balaban J connectivity index is 1.53. The fourth-order valence-corrected chi connectivity index (χ4v) is 3.88. The molecule has 0 spiro atoms. The predicted molar refractivity (Wildman–Crippen MR) is 109 cm³/mol. The third-order valence-corrected chi connectivity index (χ3v) is 5.88. The molecule has 0 N–H and O–H groups in total. The van der Waals surface area contributed by atoms with Crippen LogP contribution in [0.15, 0.2) is 29.6 Å². The molecule has 8 heteroatoms. The minimum atomic E-state index is -0.317. The monoisotopic (exact) mass is 422 g/mol. The standard InChI is InChI=1S/C20H23ClN2O4S/c1-3-26-20(25)23-8-6-22(7-9-23)19(24)18-11-15(13-28-18)12-27-16-4-5-17(21)14(2)10-16/h4-5,10-11,13H,3,6-9,12H2,1-2H3. The first-order valence-corrected chi connectivity index (χ1v) is 10.4. The highest BCUT2D eigenvalue weighted by molar-refractivity contribution is 7.12. The quantitative estimate of drug-likeness (QED) is 0.724. The van der Waals surface area contributed by atoms with E-state index in [1.54, 1.807) is 16.7 Å². The molecular formula is C20H23ClN2O4S. The number of benzene rings is 1. The number of thiophene rings is 1. The first-order valence-electron chi connectivity index (χ1n) is 9.15. The van der Waals surface area contributed by atoms with E-state index in [-0.39, 0.29) is 12.0 Å². The third-order valence-electron chi connectivity index (χ3n) is 4.49. The maximum atomic E-state index is 12.7. The molecule has 0 unspecified atom stereocenters. The molecule has 6 nitrogen and oxygen atoms in total. The number of aryl methyl sites for hydroxylation is 1. The van der Waals surface area contributed by atoms with Crippen molar-refractivity contribution in [3.05, 3.63) is 50.7 Å². The molecule has 0 radical (unpaired) electrons. The number of ether oxygens (including phenoxy) is 2. The average molecular weight is 423 g/mol. The van der Waals surface area contributed by atoms with Crippen molar-refractivity contribution in [2.45, 2.75) is 20.5 Å². The van der Waals surface area contributed by atoms with Crippen molar-refractivity contribution < 1.29 is 19.1 Å². The van der Waals surface area contributed by atoms with Crippen molar-refractivity contribution in [1.29, 1.82) is 0 Å². The molecule has 28 heavy (non-hydrogen) atoms. The summed E-state index contributed by atoms with van der Waals surface area (Å²) in [7, 11) is 0. The number of rotatable bonds is 5. The zero-order valence-electron chi connectivity index (χ0n) is 15.9. The van der Waals surface area contributed by atoms with E-state index in [4.69, 9.17) is 21.1 Å². The van der Waals surface area contributed by atoms with E-state index in [1.807, 2.05) is 36.6 Å². The molecule has 0 aliphatic carbocycles. The van der Waals surface area contributed by atoms with Crippen LogP contribution in [0.4, 0.5) is 4.79 Å². The lowest BCUT2D eigenvalue weighted by Gasteiger charge is -2.33. The van der Waals surface area contributed by atoms with Crippen LogP contribution < -0.4 is 4.74 Å². The van der Waals surface area contributed by atoms with Gasteiger partial charge in [0.15, 0.2) is 0 Å². The van der Waals surface area contributed by atoms with E-state index < -0.39 is 0 Å². The molecule has 150 valence electrons. The molecule has 0 atom stereocenters. The van der Waals surface area contributed by atoms with Gasteiger partial charge < -0.3 is 19.3 Å². The molecule has 1 saturated heterocycles. The van der Waals surface area contributed by atoms with Crippen LogP contribution in [0.25, 0.3) is 0 Å². The maximum absolute atomic E-state index is 12.7. The van der Waals surface area contributed by atoms with Gasteiger partial charge in [-0.25, -0.2) is 4.79 Å². The van der Waals surface area contributed by atoms with Gasteiger partial charge >= 0.3 is 6.09 Å². The second-order valence-corrected chi connectivity index (χ2v) is 7.82. The number of hydrogen-bond donors (Lipinski definition) is 0. The third kappa shape index (κ3) is 4.97. The van der Waals surface area contributed by atoms with Gasteiger partial charge in [-0.2, -0.15) is 0 Å². The summed E-state index contributed by atoms with van der Waals surface area (Å²) in [5.41, 5.74) is 1.91. The van der Waals surface area contributed by atoms with E-state index in [1.165, 1.54) is 11.3 Å². The highest BCUT2D eigenvalue weighted by Gasteiger charge is 2.26. The molecule has 3 rings (SSSR count). The van der Waals surface area contributed by atoms with Crippen LogP contribution in [0.3, 0.4) is 0 Å². The Kier molecular flexibility index (Phi) is 6.80. The first-order chi connectivity index (χ1) is 13.5. The zero-order chi connectivity index (χ0) is 20.1. The van der Waals surface area contributed by atoms with Gasteiger partial charge in [-0.15, -0.1) is 11.3 Å². The van der Waals surface area contributed by atoms with E-state index in [2.05, 4.69) is 0 Å². The SMILES string of the molecule is CCOC(=O)N1CCN(C(=O)c2cc(COc3ccc(Cl)c(C)c3)cs2)CC1. The molecule has 0 bridgehead atoms. The average Bonchev–Trinajstić information content (AvgIpc) is 3.18. The van der Waals surface area contributed by atoms with Gasteiger partial charge in [0, 0.05) is 36.8 Å². The van der Waals surface area contributed by atoms with Gasteiger partial charge in [-0.1, -0.05) is 11.6 Å². The smallest absolute Gasteiger partial charge is 0.409 e. The zero-order valence-corrected chi connectivity index (χ0v) is 17.5. The summed E-state index contributed by atoms with van der Waals surface area (Å²) in [6.45, 7) is 6.44. The Labute approximate surface area is 173 Å². The lowest BCUT2D eigenvalue weighted by molar-refractivity contribution is 0.0574. The van der Waals surface area contributed by atoms with Crippen LogP contribution in [0.1, 0.15) is 27.7 Å². The second kappa shape index (κ2) is 9.30. The highest BCUT2D eigenvalue weighted by Crippen LogP contribution is 2.23. The number of hydrogen-bond acceptors (Lipinski definition) is 5. The highest BCUT2D eigenvalue weighted by atomic mass is 35.5. The van der Waals surface area contributed by atoms with Gasteiger partial charge in [-0.3, -0.25) is 4.79 Å². The number of piperazine rings is 1. The van der Waals surface area contributed by atoms with Crippen LogP contribution in [0.2, 0.25) is 5.02 Å². The Bertz CT molecular complexity index is 846. The van der Waals surface area contributed by atoms with Crippen molar-refractivity contribution in [2.24, 2.45) is 0 Å². The normalized spacial score (nSPS) is 14.1. The van der Waals surface area contributed by atoms with Crippen LogP contribution in [0, 0.1) is 6.92 Å². The minimum Gasteiger partial charge on any atom is -0.489 e. The molecule has 0 saturated carbocycles. The number of carbonyl (C=O) groups excluding carboxylic acids is 2. The number of amides is 2. The van der Waals surface area contributed by atoms with E-state index in [0.29, 0.717) is 49.3 Å². The van der Waals surface area contributed by atoms with Crippen LogP contribution in [-0.2, 0) is 11.3 Å². The topological polar surface area (TPSA) is 59.1 Å².